The van der Waals surface area contributed by atoms with Crippen LogP contribution in [-0.4, -0.2) is 19.1 Å². The van der Waals surface area contributed by atoms with Gasteiger partial charge in [-0.1, -0.05) is 78.9 Å². The molecule has 10 rings (SSSR count). The number of rotatable bonds is 3. The lowest BCUT2D eigenvalue weighted by molar-refractivity contribution is 0.671. The molecule has 210 valence electrons. The van der Waals surface area contributed by atoms with Gasteiger partial charge in [-0.15, -0.1) is 0 Å². The lowest BCUT2D eigenvalue weighted by Crippen LogP contribution is -1.97. The molecule has 10 aromatic rings. The Labute approximate surface area is 257 Å². The topological polar surface area (TPSA) is 48.8 Å². The van der Waals surface area contributed by atoms with E-state index in [0.717, 1.165) is 72.2 Å². The monoisotopic (exact) mass is 576 g/mol. The fourth-order valence-corrected chi connectivity index (χ4v) is 7.21. The Hall–Kier alpha value is -6.20. The number of fused-ring (bicyclic) bond motifs is 12. The van der Waals surface area contributed by atoms with Crippen LogP contribution in [0.4, 0.5) is 0 Å². The molecule has 0 bridgehead atoms. The molecule has 0 saturated carbocycles. The third kappa shape index (κ3) is 3.32. The van der Waals surface area contributed by atoms with Crippen molar-refractivity contribution in [3.8, 4) is 22.8 Å². The van der Waals surface area contributed by atoms with Crippen LogP contribution in [0, 0.1) is 0 Å². The zero-order chi connectivity index (χ0) is 29.5. The van der Waals surface area contributed by atoms with Gasteiger partial charge in [-0.2, -0.15) is 0 Å². The van der Waals surface area contributed by atoms with E-state index in [-0.39, 0.29) is 0 Å². The van der Waals surface area contributed by atoms with Crippen molar-refractivity contribution in [3.05, 3.63) is 146 Å². The minimum Gasteiger partial charge on any atom is -0.454 e. The van der Waals surface area contributed by atoms with Crippen molar-refractivity contribution in [2.24, 2.45) is 0 Å². The second-order valence-electron chi connectivity index (χ2n) is 11.4. The highest BCUT2D eigenvalue weighted by molar-refractivity contribution is 6.39. The lowest BCUT2D eigenvalue weighted by atomic mass is 10.0. The number of benzene rings is 5. The van der Waals surface area contributed by atoms with Crippen LogP contribution in [0.3, 0.4) is 0 Å². The highest BCUT2D eigenvalue weighted by Gasteiger charge is 2.27. The van der Waals surface area contributed by atoms with Gasteiger partial charge in [0.1, 0.15) is 5.58 Å². The molecule has 0 fully saturated rings. The van der Waals surface area contributed by atoms with E-state index in [4.69, 9.17) is 9.40 Å². The first-order valence-electron chi connectivity index (χ1n) is 15.1. The second-order valence-corrected chi connectivity index (χ2v) is 11.4. The maximum absolute atomic E-state index is 6.86. The zero-order valence-electron chi connectivity index (χ0n) is 24.1. The molecular formula is C40H24N4O. The number of hydrogen-bond donors (Lipinski definition) is 0. The largest absolute Gasteiger partial charge is 0.454 e. The fraction of sp³-hybridized carbons (Fsp3) is 0. The Bertz CT molecular complexity index is 2750. The third-order valence-corrected chi connectivity index (χ3v) is 8.99. The number of nitrogens with zero attached hydrogens (tertiary/aromatic N) is 4. The van der Waals surface area contributed by atoms with E-state index >= 15 is 0 Å². The van der Waals surface area contributed by atoms with Gasteiger partial charge in [0.2, 0.25) is 0 Å². The van der Waals surface area contributed by atoms with Crippen molar-refractivity contribution in [3.63, 3.8) is 0 Å². The molecule has 45 heavy (non-hydrogen) atoms. The number of para-hydroxylation sites is 4. The van der Waals surface area contributed by atoms with Gasteiger partial charge in [0, 0.05) is 56.1 Å². The smallest absolute Gasteiger partial charge is 0.160 e. The van der Waals surface area contributed by atoms with Crippen LogP contribution in [-0.2, 0) is 0 Å². The van der Waals surface area contributed by atoms with E-state index in [1.807, 2.05) is 36.7 Å². The Kier molecular flexibility index (Phi) is 4.93. The van der Waals surface area contributed by atoms with Crippen LogP contribution in [0.25, 0.3) is 88.3 Å². The highest BCUT2D eigenvalue weighted by atomic mass is 16.3. The van der Waals surface area contributed by atoms with Gasteiger partial charge >= 0.3 is 0 Å². The first-order valence-corrected chi connectivity index (χ1v) is 15.1. The first kappa shape index (κ1) is 24.3. The van der Waals surface area contributed by atoms with Crippen molar-refractivity contribution in [1.29, 1.82) is 0 Å². The average molecular weight is 577 g/mol. The van der Waals surface area contributed by atoms with Gasteiger partial charge in [-0.05, 0) is 54.6 Å². The van der Waals surface area contributed by atoms with Crippen LogP contribution in [0.2, 0.25) is 0 Å². The van der Waals surface area contributed by atoms with Crippen LogP contribution in [0.5, 0.6) is 0 Å². The van der Waals surface area contributed by atoms with E-state index in [1.54, 1.807) is 0 Å². The number of aromatic nitrogens is 4. The molecule has 5 aromatic heterocycles. The summed E-state index contributed by atoms with van der Waals surface area (Å²) < 4.78 is 11.6. The van der Waals surface area contributed by atoms with E-state index < -0.39 is 0 Å². The van der Waals surface area contributed by atoms with Crippen molar-refractivity contribution in [2.75, 3.05) is 0 Å². The van der Waals surface area contributed by atoms with Gasteiger partial charge in [0.05, 0.1) is 33.5 Å². The average Bonchev–Trinajstić information content (AvgIpc) is 3.77. The summed E-state index contributed by atoms with van der Waals surface area (Å²) in [5.74, 6) is 0. The molecule has 5 heterocycles. The van der Waals surface area contributed by atoms with Crippen molar-refractivity contribution in [1.82, 2.24) is 19.1 Å². The van der Waals surface area contributed by atoms with Gasteiger partial charge in [0.25, 0.3) is 0 Å². The summed E-state index contributed by atoms with van der Waals surface area (Å²) in [5.41, 5.74) is 10.0. The van der Waals surface area contributed by atoms with Gasteiger partial charge < -0.3 is 13.6 Å². The van der Waals surface area contributed by atoms with Crippen molar-refractivity contribution >= 4 is 65.6 Å². The van der Waals surface area contributed by atoms with Gasteiger partial charge in [-0.3, -0.25) is 9.97 Å². The molecular weight excluding hydrogens is 552 g/mol. The lowest BCUT2D eigenvalue weighted by Gasteiger charge is -2.12. The maximum atomic E-state index is 6.86. The molecule has 0 aliphatic carbocycles. The molecule has 0 radical (unpaired) electrons. The molecule has 0 aliphatic rings. The molecule has 0 saturated heterocycles. The molecule has 5 aromatic carbocycles. The standard InChI is InChI=1S/C40H24N4O/c1-2-12-25(13-3-1)43-33-19-8-5-15-28(33)37-38-35(36-29-16-6-9-20-34(29)45-40(36)39(37)43)27-14-4-7-18-32(27)44(38)26-21-23-42-31(24-26)30-17-10-11-22-41-30/h1-24H. The number of pyridine rings is 2. The molecule has 0 unspecified atom stereocenters. The summed E-state index contributed by atoms with van der Waals surface area (Å²) in [7, 11) is 0. The highest BCUT2D eigenvalue weighted by Crippen LogP contribution is 2.49. The summed E-state index contributed by atoms with van der Waals surface area (Å²) in [6, 6.07) is 46.6. The Morgan fingerprint density at radius 3 is 1.87 bits per heavy atom. The predicted octanol–water partition coefficient (Wildman–Crippen LogP) is 10.2. The van der Waals surface area contributed by atoms with Crippen LogP contribution in [0.15, 0.2) is 150 Å². The van der Waals surface area contributed by atoms with Gasteiger partial charge in [0.15, 0.2) is 5.58 Å². The first-order chi connectivity index (χ1) is 22.4. The fourth-order valence-electron chi connectivity index (χ4n) is 7.21. The van der Waals surface area contributed by atoms with Crippen LogP contribution < -0.4 is 0 Å². The summed E-state index contributed by atoms with van der Waals surface area (Å²) in [6.07, 6.45) is 3.70. The van der Waals surface area contributed by atoms with E-state index in [0.29, 0.717) is 0 Å². The Balaban J connectivity index is 1.51. The quantitative estimate of drug-likeness (QED) is 0.210. The Morgan fingerprint density at radius 2 is 1.09 bits per heavy atom. The Morgan fingerprint density at radius 1 is 0.444 bits per heavy atom. The SMILES string of the molecule is c1ccc(-n2c3ccccc3c3c2c2oc4ccccc4c2c2c4ccccc4n(-c4ccnc(-c5ccccn5)c4)c23)cc1. The normalized spacial score (nSPS) is 12.0. The van der Waals surface area contributed by atoms with Crippen molar-refractivity contribution < 1.29 is 4.42 Å². The molecule has 5 nitrogen and oxygen atoms in total. The zero-order valence-corrected chi connectivity index (χ0v) is 24.1. The molecule has 0 N–H and O–H groups in total. The molecule has 0 aliphatic heterocycles. The predicted molar refractivity (Wildman–Crippen MR) is 183 cm³/mol. The molecule has 5 heteroatoms. The van der Waals surface area contributed by atoms with Crippen LogP contribution >= 0.6 is 0 Å². The van der Waals surface area contributed by atoms with Crippen LogP contribution in [0.1, 0.15) is 0 Å². The minimum atomic E-state index is 0.830. The maximum Gasteiger partial charge on any atom is 0.160 e. The third-order valence-electron chi connectivity index (χ3n) is 8.99. The van der Waals surface area contributed by atoms with E-state index in [1.165, 1.54) is 16.2 Å². The molecule has 0 amide bonds. The minimum absolute atomic E-state index is 0.830. The number of hydrogen-bond acceptors (Lipinski definition) is 3. The number of furan rings is 1. The summed E-state index contributed by atoms with van der Waals surface area (Å²) in [5, 5.41) is 6.93. The summed E-state index contributed by atoms with van der Waals surface area (Å²) in [4.78, 5) is 9.33. The molecule has 0 spiro atoms. The molecule has 0 atom stereocenters. The van der Waals surface area contributed by atoms with Gasteiger partial charge in [-0.25, -0.2) is 0 Å². The summed E-state index contributed by atoms with van der Waals surface area (Å²) in [6.45, 7) is 0. The van der Waals surface area contributed by atoms with E-state index in [2.05, 4.69) is 123 Å². The van der Waals surface area contributed by atoms with E-state index in [9.17, 15) is 0 Å². The summed E-state index contributed by atoms with van der Waals surface area (Å²) >= 11 is 0. The van der Waals surface area contributed by atoms with Crippen molar-refractivity contribution in [2.45, 2.75) is 0 Å². The second kappa shape index (κ2) is 9.15.